The van der Waals surface area contributed by atoms with Gasteiger partial charge in [-0.3, -0.25) is 29.0 Å². The Bertz CT molecular complexity index is 1850. The number of nitrogens with one attached hydrogen (secondary N) is 2. The van der Waals surface area contributed by atoms with Crippen LogP contribution in [0.15, 0.2) is 73.3 Å². The monoisotopic (exact) mass is 802 g/mol. The smallest absolute Gasteiger partial charge is 0.369 e. The van der Waals surface area contributed by atoms with Gasteiger partial charge in [0.2, 0.25) is 5.91 Å². The van der Waals surface area contributed by atoms with Crippen LogP contribution >= 0.6 is 11.6 Å². The van der Waals surface area contributed by atoms with E-state index in [0.29, 0.717) is 46.2 Å². The van der Waals surface area contributed by atoms with E-state index >= 15 is 0 Å². The molecule has 298 valence electrons. The number of anilines is 2. The molecular weight excluding hydrogens is 749 g/mol. The number of aldehydes is 1. The van der Waals surface area contributed by atoms with Crippen LogP contribution in [0.25, 0.3) is 0 Å². The molecule has 0 aromatic heterocycles. The van der Waals surface area contributed by atoms with E-state index in [2.05, 4.69) is 45.0 Å². The molecule has 3 aromatic rings. The Kier molecular flexibility index (Phi) is 19.4. The van der Waals surface area contributed by atoms with Gasteiger partial charge in [-0.25, -0.2) is 0 Å². The zero-order chi connectivity index (χ0) is 39.3. The molecule has 0 bridgehead atoms. The normalized spacial score (nSPS) is 17.1. The van der Waals surface area contributed by atoms with Gasteiger partial charge >= 0.3 is 29.6 Å². The fourth-order valence-corrected chi connectivity index (χ4v) is 7.61. The van der Waals surface area contributed by atoms with E-state index in [1.54, 1.807) is 36.4 Å². The number of halogens is 1. The van der Waals surface area contributed by atoms with E-state index < -0.39 is 17.9 Å². The quantitative estimate of drug-likeness (QED) is 0.105. The molecule has 2 N–H and O–H groups in total. The summed E-state index contributed by atoms with van der Waals surface area (Å²) in [5.41, 5.74) is 3.94. The zero-order valence-corrected chi connectivity index (χ0v) is 36.6. The number of carbonyl (C=O) groups is 4. The number of piperazine rings is 1. The van der Waals surface area contributed by atoms with Crippen molar-refractivity contribution in [1.82, 2.24) is 20.4 Å². The van der Waals surface area contributed by atoms with Crippen molar-refractivity contribution >= 4 is 47.0 Å². The molecule has 1 saturated carbocycles. The van der Waals surface area contributed by atoms with E-state index in [1.807, 2.05) is 36.4 Å². The van der Waals surface area contributed by atoms with Crippen molar-refractivity contribution < 1.29 is 48.7 Å². The summed E-state index contributed by atoms with van der Waals surface area (Å²) in [5.74, 6) is -1.20. The average Bonchev–Trinajstić information content (AvgIpc) is 3.46. The molecule has 13 heteroatoms. The molecule has 3 heterocycles. The number of imide groups is 1. The zero-order valence-electron chi connectivity index (χ0n) is 33.8. The van der Waals surface area contributed by atoms with Crippen LogP contribution in [0, 0.1) is 24.8 Å². The Morgan fingerprint density at radius 2 is 1.61 bits per heavy atom. The SMILES string of the molecule is C=CCCC(C(=O)NC)N1C(=O)c2ccc(N3CC(N4CCN(c5ccc(C=O)cc5)CC4)C3)cc2C1=O.CNC1CCCCC1.N#Cc1cc[c-]cc1Cl.[CH3-].[Na+]. The average molecular weight is 803 g/mol. The first-order valence-electron chi connectivity index (χ1n) is 19.1. The largest absolute Gasteiger partial charge is 1.00 e. The van der Waals surface area contributed by atoms with Gasteiger partial charge in [0.05, 0.1) is 17.2 Å². The molecule has 3 fully saturated rings. The second-order valence-corrected chi connectivity index (χ2v) is 14.5. The molecule has 0 radical (unpaired) electrons. The summed E-state index contributed by atoms with van der Waals surface area (Å²) in [5, 5.41) is 14.7. The molecular formula is C44H54ClN7NaO4-. The predicted octanol–water partition coefficient (Wildman–Crippen LogP) is 3.19. The summed E-state index contributed by atoms with van der Waals surface area (Å²) in [4.78, 5) is 57.9. The Balaban J connectivity index is 0.000000378. The van der Waals surface area contributed by atoms with E-state index in [0.717, 1.165) is 67.9 Å². The number of allylic oxidation sites excluding steroid dienone is 1. The maximum Gasteiger partial charge on any atom is 1.00 e. The number of likely N-dealkylation sites (N-methyl/N-ethyl adjacent to an activating group) is 1. The van der Waals surface area contributed by atoms with E-state index in [-0.39, 0.29) is 42.9 Å². The van der Waals surface area contributed by atoms with Gasteiger partial charge in [-0.05, 0) is 80.8 Å². The van der Waals surface area contributed by atoms with Gasteiger partial charge in [-0.15, -0.1) is 6.58 Å². The Labute approximate surface area is 365 Å². The summed E-state index contributed by atoms with van der Waals surface area (Å²) < 4.78 is 0. The number of hydrogen-bond acceptors (Lipinski definition) is 9. The fourth-order valence-electron chi connectivity index (χ4n) is 7.45. The van der Waals surface area contributed by atoms with Gasteiger partial charge in [0.1, 0.15) is 12.3 Å². The minimum Gasteiger partial charge on any atom is -0.369 e. The van der Waals surface area contributed by atoms with Crippen molar-refractivity contribution in [3.63, 3.8) is 0 Å². The van der Waals surface area contributed by atoms with Crippen LogP contribution in [0.2, 0.25) is 5.02 Å². The van der Waals surface area contributed by atoms with Crippen LogP contribution in [-0.2, 0) is 4.79 Å². The molecule has 1 unspecified atom stereocenters. The number of fused-ring (bicyclic) bond motifs is 1. The van der Waals surface area contributed by atoms with Crippen molar-refractivity contribution in [1.29, 1.82) is 5.26 Å². The maximum atomic E-state index is 13.3. The molecule has 4 aliphatic rings. The third-order valence-electron chi connectivity index (χ3n) is 10.8. The van der Waals surface area contributed by atoms with Crippen LogP contribution in [0.3, 0.4) is 0 Å². The molecule has 7 rings (SSSR count). The first-order chi connectivity index (χ1) is 26.7. The van der Waals surface area contributed by atoms with Gasteiger partial charge in [0, 0.05) is 75.3 Å². The maximum absolute atomic E-state index is 13.3. The number of rotatable bonds is 10. The van der Waals surface area contributed by atoms with E-state index in [4.69, 9.17) is 16.9 Å². The van der Waals surface area contributed by atoms with Crippen molar-refractivity contribution in [3.8, 4) is 6.07 Å². The number of amides is 3. The van der Waals surface area contributed by atoms with Crippen molar-refractivity contribution in [3.05, 3.63) is 114 Å². The van der Waals surface area contributed by atoms with Crippen LogP contribution in [0.1, 0.15) is 81.6 Å². The molecule has 3 aliphatic heterocycles. The second-order valence-electron chi connectivity index (χ2n) is 14.1. The Hall–Kier alpha value is -4.02. The molecule has 3 amide bonds. The minimum absolute atomic E-state index is 0. The summed E-state index contributed by atoms with van der Waals surface area (Å²) in [7, 11) is 3.57. The molecule has 11 nitrogen and oxygen atoms in total. The number of nitriles is 1. The topological polar surface area (TPSA) is 129 Å². The van der Waals surface area contributed by atoms with Gasteiger partial charge in [-0.2, -0.15) is 41.1 Å². The summed E-state index contributed by atoms with van der Waals surface area (Å²) in [6, 6.07) is 23.1. The third kappa shape index (κ3) is 12.0. The molecule has 0 spiro atoms. The standard InChI is InChI=1S/C29H33N5O4.C7H3ClN.C7H15N.CH3.Na/c1-3-4-5-26(27(36)30-2)34-28(37)24-11-10-22(16-25(24)29(34)38)33-17-23(18-33)32-14-12-31(13-15-32)21-8-6-20(19-35)7-9-21;8-7-4-2-1-3-6(7)5-9;1-8-7-5-3-2-4-6-7;;/h3,6-11,16,19,23,26H,1,4-5,12-15,17-18H2,2H3,(H,30,36);1,3-4H;7-8H,2-6H2,1H3;1H3;/q;-1;;-1;+1. The summed E-state index contributed by atoms with van der Waals surface area (Å²) >= 11 is 5.57. The van der Waals surface area contributed by atoms with E-state index in [1.165, 1.54) is 39.2 Å². The van der Waals surface area contributed by atoms with Gasteiger partial charge in [0.15, 0.2) is 0 Å². The van der Waals surface area contributed by atoms with Gasteiger partial charge < -0.3 is 27.9 Å². The van der Waals surface area contributed by atoms with Gasteiger partial charge in [-0.1, -0.05) is 30.4 Å². The summed E-state index contributed by atoms with van der Waals surface area (Å²) in [6.45, 7) is 9.20. The van der Waals surface area contributed by atoms with Crippen LogP contribution in [0.4, 0.5) is 11.4 Å². The molecule has 2 saturated heterocycles. The molecule has 57 heavy (non-hydrogen) atoms. The minimum atomic E-state index is -0.858. The fraction of sp³-hybridized carbons (Fsp3) is 0.409. The molecule has 1 atom stereocenters. The first-order valence-corrected chi connectivity index (χ1v) is 19.5. The van der Waals surface area contributed by atoms with Crippen LogP contribution in [-0.4, -0.2) is 105 Å². The summed E-state index contributed by atoms with van der Waals surface area (Å²) in [6.07, 6.45) is 10.5. The Morgan fingerprint density at radius 1 is 0.965 bits per heavy atom. The van der Waals surface area contributed by atoms with Crippen LogP contribution < -0.4 is 50.0 Å². The number of nitrogens with zero attached hydrogens (tertiary/aromatic N) is 5. The molecule has 1 aliphatic carbocycles. The first kappa shape index (κ1) is 47.4. The Morgan fingerprint density at radius 3 is 2.16 bits per heavy atom. The third-order valence-corrected chi connectivity index (χ3v) is 11.1. The van der Waals surface area contributed by atoms with Gasteiger partial charge in [0.25, 0.3) is 11.8 Å². The van der Waals surface area contributed by atoms with Crippen molar-refractivity contribution in [2.45, 2.75) is 63.1 Å². The van der Waals surface area contributed by atoms with Crippen LogP contribution in [0.5, 0.6) is 0 Å². The number of benzene rings is 3. The van der Waals surface area contributed by atoms with Crippen molar-refractivity contribution in [2.75, 3.05) is 63.2 Å². The molecule has 3 aromatic carbocycles. The number of hydrogen-bond donors (Lipinski definition) is 2. The predicted molar refractivity (Wildman–Crippen MR) is 223 cm³/mol. The van der Waals surface area contributed by atoms with Crippen molar-refractivity contribution in [2.24, 2.45) is 0 Å². The number of carbonyl (C=O) groups excluding carboxylic acids is 4. The second kappa shape index (κ2) is 23.4. The van der Waals surface area contributed by atoms with E-state index in [9.17, 15) is 19.2 Å².